The van der Waals surface area contributed by atoms with Gasteiger partial charge < -0.3 is 25.5 Å². The smallest absolute Gasteiger partial charge is 0.170 e. The fourth-order valence-corrected chi connectivity index (χ4v) is 3.63. The number of oxime groups is 1. The van der Waals surface area contributed by atoms with Crippen molar-refractivity contribution in [2.75, 3.05) is 0 Å². The summed E-state index contributed by atoms with van der Waals surface area (Å²) in [4.78, 5) is 0. The lowest BCUT2D eigenvalue weighted by Gasteiger charge is -2.26. The molecule has 0 heterocycles. The zero-order chi connectivity index (χ0) is 29.0. The van der Waals surface area contributed by atoms with Crippen LogP contribution in [-0.2, 0) is 18.6 Å². The maximum atomic E-state index is 9.80. The molecule has 0 aromatic heterocycles. The van der Waals surface area contributed by atoms with Gasteiger partial charge in [-0.2, -0.15) is 0 Å². The number of benzene rings is 4. The number of hydrogen-bond donors (Lipinski definition) is 3. The Balaban J connectivity index is 1.44. The van der Waals surface area contributed by atoms with E-state index in [1.165, 1.54) is 12.1 Å². The SMILES string of the molecule is [3H]c1cc(C(C)(C)c2cc([3H])c(OCc3cccc(COc4ccc(/C(N)=N\O)cc4)c3)c([3H])c2)cc([3H])c1O. The molecule has 0 radical (unpaired) electrons. The highest BCUT2D eigenvalue weighted by atomic mass is 16.5. The van der Waals surface area contributed by atoms with Gasteiger partial charge >= 0.3 is 0 Å². The zero-order valence-electron chi connectivity index (χ0n) is 24.1. The van der Waals surface area contributed by atoms with Crippen LogP contribution in [0.4, 0.5) is 0 Å². The van der Waals surface area contributed by atoms with E-state index in [0.717, 1.165) is 11.1 Å². The Morgan fingerprint density at radius 3 is 1.92 bits per heavy atom. The largest absolute Gasteiger partial charge is 0.508 e. The zero-order valence-corrected chi connectivity index (χ0v) is 20.1. The third kappa shape index (κ3) is 5.96. The first-order valence-electron chi connectivity index (χ1n) is 13.3. The summed E-state index contributed by atoms with van der Waals surface area (Å²) in [5.74, 6) is 0.421. The number of ether oxygens (including phenoxy) is 2. The summed E-state index contributed by atoms with van der Waals surface area (Å²) < 4.78 is 44.6. The van der Waals surface area contributed by atoms with Crippen LogP contribution in [0.2, 0.25) is 0 Å². The Hall–Kier alpha value is -4.45. The van der Waals surface area contributed by atoms with Crippen LogP contribution >= 0.6 is 0 Å². The molecule has 4 aromatic rings. The van der Waals surface area contributed by atoms with E-state index in [4.69, 9.17) is 25.9 Å². The summed E-state index contributed by atoms with van der Waals surface area (Å²) >= 11 is 0. The molecule has 4 N–H and O–H groups in total. The summed E-state index contributed by atoms with van der Waals surface area (Å²) in [6.07, 6.45) is 0. The van der Waals surface area contributed by atoms with Gasteiger partial charge in [0.15, 0.2) is 5.84 Å². The second-order valence-electron chi connectivity index (χ2n) is 8.78. The molecule has 0 saturated carbocycles. The normalized spacial score (nSPS) is 13.3. The molecule has 0 fully saturated rings. The Morgan fingerprint density at radius 2 is 1.36 bits per heavy atom. The Labute approximate surface area is 216 Å². The molecular formula is C30H30N2O4. The van der Waals surface area contributed by atoms with Crippen LogP contribution in [0, 0.1) is 0 Å². The van der Waals surface area contributed by atoms with Crippen LogP contribution in [0.3, 0.4) is 0 Å². The first-order chi connectivity index (χ1) is 19.0. The van der Waals surface area contributed by atoms with Crippen molar-refractivity contribution in [2.24, 2.45) is 10.9 Å². The number of phenolic OH excluding ortho intramolecular Hbond substituents is 1. The molecule has 0 bridgehead atoms. The summed E-state index contributed by atoms with van der Waals surface area (Å²) in [5, 5.41) is 21.6. The number of phenols is 1. The lowest BCUT2D eigenvalue weighted by molar-refractivity contribution is 0.299. The maximum absolute atomic E-state index is 9.80. The predicted octanol–water partition coefficient (Wildman–Crippen LogP) is 5.97. The average Bonchev–Trinajstić information content (AvgIpc) is 2.94. The lowest BCUT2D eigenvalue weighted by Crippen LogP contribution is -2.18. The highest BCUT2D eigenvalue weighted by molar-refractivity contribution is 5.97. The fraction of sp³-hybridized carbons (Fsp3) is 0.167. The van der Waals surface area contributed by atoms with Gasteiger partial charge in [-0.1, -0.05) is 61.5 Å². The third-order valence-corrected chi connectivity index (χ3v) is 5.93. The highest BCUT2D eigenvalue weighted by Gasteiger charge is 2.23. The Kier molecular flexibility index (Phi) is 5.98. The van der Waals surface area contributed by atoms with Crippen LogP contribution in [-0.4, -0.2) is 16.1 Å². The topological polar surface area (TPSA) is 97.3 Å². The second kappa shape index (κ2) is 10.9. The monoisotopic (exact) mass is 490 g/mol. The molecule has 184 valence electrons. The van der Waals surface area contributed by atoms with Crippen molar-refractivity contribution in [1.29, 1.82) is 0 Å². The van der Waals surface area contributed by atoms with Crippen LogP contribution in [0.15, 0.2) is 102 Å². The van der Waals surface area contributed by atoms with Gasteiger partial charge in [0.25, 0.3) is 0 Å². The molecule has 4 rings (SSSR count). The minimum atomic E-state index is -0.711. The molecule has 4 aromatic carbocycles. The maximum Gasteiger partial charge on any atom is 0.170 e. The first-order valence-corrected chi connectivity index (χ1v) is 11.3. The van der Waals surface area contributed by atoms with Gasteiger partial charge in [-0.15, -0.1) is 0 Å². The molecule has 0 saturated heterocycles. The van der Waals surface area contributed by atoms with Crippen molar-refractivity contribution < 1.29 is 25.3 Å². The summed E-state index contributed by atoms with van der Waals surface area (Å²) in [6, 6.07) is 20.6. The van der Waals surface area contributed by atoms with Crippen molar-refractivity contribution in [3.63, 3.8) is 0 Å². The van der Waals surface area contributed by atoms with Crippen LogP contribution in [0.25, 0.3) is 0 Å². The molecule has 0 unspecified atom stereocenters. The van der Waals surface area contributed by atoms with E-state index in [1.54, 1.807) is 36.4 Å². The molecule has 0 aliphatic rings. The van der Waals surface area contributed by atoms with Crippen molar-refractivity contribution in [3.8, 4) is 17.2 Å². The molecule has 6 heteroatoms. The molecule has 0 aliphatic carbocycles. The molecule has 0 amide bonds. The minimum absolute atomic E-state index is 0.0205. The lowest BCUT2D eigenvalue weighted by atomic mass is 9.78. The van der Waals surface area contributed by atoms with E-state index in [1.807, 2.05) is 38.1 Å². The summed E-state index contributed by atoms with van der Waals surface area (Å²) in [5.41, 5.74) is 8.51. The molecule has 6 nitrogen and oxygen atoms in total. The van der Waals surface area contributed by atoms with E-state index < -0.39 is 5.41 Å². The number of aromatic hydroxyl groups is 1. The number of nitrogens with zero attached hydrogens (tertiary/aromatic N) is 1. The van der Waals surface area contributed by atoms with Crippen molar-refractivity contribution >= 4 is 5.84 Å². The quantitative estimate of drug-likeness (QED) is 0.116. The predicted molar refractivity (Wildman–Crippen MR) is 141 cm³/mol. The number of amidine groups is 1. The van der Waals surface area contributed by atoms with Gasteiger partial charge in [-0.25, -0.2) is 0 Å². The fourth-order valence-electron chi connectivity index (χ4n) is 3.63. The van der Waals surface area contributed by atoms with Crippen LogP contribution in [0.5, 0.6) is 17.2 Å². The van der Waals surface area contributed by atoms with E-state index in [0.29, 0.717) is 29.0 Å². The summed E-state index contributed by atoms with van der Waals surface area (Å²) in [6.45, 7) is 4.23. The van der Waals surface area contributed by atoms with E-state index in [-0.39, 0.29) is 48.1 Å². The van der Waals surface area contributed by atoms with Crippen LogP contribution in [0.1, 0.15) is 47.1 Å². The number of hydrogen-bond acceptors (Lipinski definition) is 5. The minimum Gasteiger partial charge on any atom is -0.508 e. The van der Waals surface area contributed by atoms with Crippen molar-refractivity contribution in [1.82, 2.24) is 0 Å². The van der Waals surface area contributed by atoms with Crippen molar-refractivity contribution in [2.45, 2.75) is 32.5 Å². The van der Waals surface area contributed by atoms with Gasteiger partial charge in [0.1, 0.15) is 30.5 Å². The molecular weight excluding hydrogens is 452 g/mol. The van der Waals surface area contributed by atoms with Gasteiger partial charge in [-0.05, 0) is 76.8 Å². The highest BCUT2D eigenvalue weighted by Crippen LogP contribution is 2.33. The molecule has 0 spiro atoms. The van der Waals surface area contributed by atoms with E-state index >= 15 is 0 Å². The Bertz CT molecular complexity index is 1510. The number of nitrogens with two attached hydrogens (primary N) is 1. The van der Waals surface area contributed by atoms with Crippen LogP contribution < -0.4 is 15.2 Å². The van der Waals surface area contributed by atoms with Gasteiger partial charge in [0, 0.05) is 11.0 Å². The average molecular weight is 491 g/mol. The standard InChI is InChI=1S/C30H30N2O4/c1-30(2,24-8-12-26(33)13-9-24)25-10-16-28(17-11-25)36-20-22-5-3-4-21(18-22)19-35-27-14-6-23(7-15-27)29(31)32-34/h3-18,33-34H,19-20H2,1-2H3,(H2,31,32)/i12T,13T,16T,17T. The van der Waals surface area contributed by atoms with Gasteiger partial charge in [-0.3, -0.25) is 0 Å². The van der Waals surface area contributed by atoms with E-state index in [9.17, 15) is 5.11 Å². The number of rotatable bonds is 9. The molecule has 0 aliphatic heterocycles. The van der Waals surface area contributed by atoms with E-state index in [2.05, 4.69) is 5.16 Å². The van der Waals surface area contributed by atoms with Gasteiger partial charge in [0.2, 0.25) is 0 Å². The molecule has 0 atom stereocenters. The third-order valence-electron chi connectivity index (χ3n) is 5.93. The Morgan fingerprint density at radius 1 is 0.833 bits per heavy atom. The van der Waals surface area contributed by atoms with Crippen molar-refractivity contribution in [3.05, 3.63) is 125 Å². The second-order valence-corrected chi connectivity index (χ2v) is 8.78. The van der Waals surface area contributed by atoms with Gasteiger partial charge in [0.05, 0.1) is 5.48 Å². The summed E-state index contributed by atoms with van der Waals surface area (Å²) in [7, 11) is 0. The first kappa shape index (κ1) is 19.8. The molecule has 36 heavy (non-hydrogen) atoms.